The van der Waals surface area contributed by atoms with Crippen molar-refractivity contribution >= 4 is 39.5 Å². The molecule has 588 valence electrons. The van der Waals surface area contributed by atoms with E-state index in [0.29, 0.717) is 25.7 Å². The highest BCUT2D eigenvalue weighted by Gasteiger charge is 2.30. The van der Waals surface area contributed by atoms with Gasteiger partial charge in [0.25, 0.3) is 0 Å². The molecule has 0 radical (unpaired) electrons. The molecule has 0 heterocycles. The van der Waals surface area contributed by atoms with Crippen LogP contribution in [0.2, 0.25) is 0 Å². The summed E-state index contributed by atoms with van der Waals surface area (Å²) in [6.07, 6.45) is 61.1. The Morgan fingerprint density at radius 2 is 0.485 bits per heavy atom. The van der Waals surface area contributed by atoms with E-state index in [1.165, 1.54) is 225 Å². The number of carbonyl (C=O) groups excluding carboxylic acids is 4. The third kappa shape index (κ3) is 71.5. The molecule has 17 nitrogen and oxygen atoms in total. The average molecular weight is 1450 g/mol. The van der Waals surface area contributed by atoms with Gasteiger partial charge in [-0.1, -0.05) is 369 Å². The van der Waals surface area contributed by atoms with Crippen molar-refractivity contribution in [2.45, 2.75) is 439 Å². The molecule has 0 bridgehead atoms. The molecule has 0 rings (SSSR count). The van der Waals surface area contributed by atoms with Gasteiger partial charge in [0.1, 0.15) is 19.3 Å². The molecule has 7 atom stereocenters. The van der Waals surface area contributed by atoms with Crippen LogP contribution in [0.15, 0.2) is 0 Å². The number of esters is 4. The van der Waals surface area contributed by atoms with Crippen LogP contribution in [-0.2, 0) is 65.4 Å². The van der Waals surface area contributed by atoms with Gasteiger partial charge in [0.15, 0.2) is 12.2 Å². The van der Waals surface area contributed by atoms with Gasteiger partial charge in [-0.05, 0) is 37.5 Å². The fourth-order valence-electron chi connectivity index (χ4n) is 12.3. The second kappa shape index (κ2) is 71.7. The summed E-state index contributed by atoms with van der Waals surface area (Å²) in [6.45, 7) is 9.68. The molecular formula is C80H156O17P2. The van der Waals surface area contributed by atoms with E-state index in [9.17, 15) is 43.2 Å². The lowest BCUT2D eigenvalue weighted by Crippen LogP contribution is -2.30. The summed E-state index contributed by atoms with van der Waals surface area (Å²) >= 11 is 0. The maximum atomic E-state index is 13.1. The summed E-state index contributed by atoms with van der Waals surface area (Å²) in [5.74, 6) is -0.440. The maximum Gasteiger partial charge on any atom is 0.472 e. The standard InChI is InChI=1S/C80H156O17P2/c1-7-11-13-15-17-18-19-20-21-27-30-33-39-45-51-57-63-78(83)91-69-76(97-79(84)64-58-52-46-40-34-31-28-25-23-22-24-26-29-32-37-43-48-54-60-72(5)9-3)71-95-99(88,89)93-67-74(81)66-92-98(86,87)94-70-75(68-90-77(82)62-56-50-42-16-14-12-8-2)96-80(85)65-59-53-47-41-36-35-38-44-49-55-61-73(6)10-4/h72-76,81H,7-71H2,1-6H3,(H,86,87)(H,88,89)/t72?,73?,74-,75+,76+/m0/s1. The quantitative estimate of drug-likeness (QED) is 0.0222. The van der Waals surface area contributed by atoms with E-state index in [2.05, 4.69) is 41.5 Å². The highest BCUT2D eigenvalue weighted by atomic mass is 31.2. The number of phosphoric ester groups is 2. The SMILES string of the molecule is CCCCCCCCCCCCCCCCCCC(=O)OC[C@H](COP(=O)(O)OC[C@@H](O)COP(=O)(O)OC[C@@H](COC(=O)CCCCCCCCC)OC(=O)CCCCCCCCCCCCC(C)CC)OC(=O)CCCCCCCCCCCCCCCCCCCCC(C)CC. The number of carbonyl (C=O) groups is 4. The van der Waals surface area contributed by atoms with Gasteiger partial charge in [0.2, 0.25) is 0 Å². The number of rotatable bonds is 79. The molecule has 0 aliphatic carbocycles. The van der Waals surface area contributed by atoms with Crippen LogP contribution in [0, 0.1) is 11.8 Å². The van der Waals surface area contributed by atoms with Crippen LogP contribution in [0.3, 0.4) is 0 Å². The van der Waals surface area contributed by atoms with Crippen LogP contribution in [-0.4, -0.2) is 96.7 Å². The van der Waals surface area contributed by atoms with Crippen LogP contribution in [0.5, 0.6) is 0 Å². The summed E-state index contributed by atoms with van der Waals surface area (Å²) in [7, 11) is -9.91. The van der Waals surface area contributed by atoms with Gasteiger partial charge < -0.3 is 33.8 Å². The molecule has 19 heteroatoms. The molecule has 0 spiro atoms. The molecule has 0 aliphatic heterocycles. The first-order chi connectivity index (χ1) is 47.9. The molecular weight excluding hydrogens is 1290 g/mol. The van der Waals surface area contributed by atoms with E-state index in [-0.39, 0.29) is 25.7 Å². The number of unbranched alkanes of at least 4 members (excludes halogenated alkanes) is 47. The van der Waals surface area contributed by atoms with Crippen molar-refractivity contribution in [2.75, 3.05) is 39.6 Å². The van der Waals surface area contributed by atoms with Crippen molar-refractivity contribution in [3.8, 4) is 0 Å². The molecule has 0 aromatic heterocycles. The summed E-state index contributed by atoms with van der Waals surface area (Å²) < 4.78 is 68.6. The van der Waals surface area contributed by atoms with Crippen molar-refractivity contribution in [1.29, 1.82) is 0 Å². The number of aliphatic hydroxyl groups is 1. The van der Waals surface area contributed by atoms with Crippen molar-refractivity contribution in [1.82, 2.24) is 0 Å². The lowest BCUT2D eigenvalue weighted by Gasteiger charge is -2.21. The molecule has 0 amide bonds. The van der Waals surface area contributed by atoms with Gasteiger partial charge >= 0.3 is 39.5 Å². The van der Waals surface area contributed by atoms with Gasteiger partial charge in [0.05, 0.1) is 26.4 Å². The van der Waals surface area contributed by atoms with Gasteiger partial charge in [-0.25, -0.2) is 9.13 Å². The Bertz CT molecular complexity index is 1910. The third-order valence-electron chi connectivity index (χ3n) is 19.4. The third-order valence-corrected chi connectivity index (χ3v) is 21.3. The Morgan fingerprint density at radius 3 is 0.717 bits per heavy atom. The molecule has 99 heavy (non-hydrogen) atoms. The van der Waals surface area contributed by atoms with E-state index in [0.717, 1.165) is 115 Å². The highest BCUT2D eigenvalue weighted by Crippen LogP contribution is 2.45. The number of aliphatic hydroxyl groups excluding tert-OH is 1. The smallest absolute Gasteiger partial charge is 0.462 e. The monoisotopic (exact) mass is 1450 g/mol. The van der Waals surface area contributed by atoms with E-state index in [1.54, 1.807) is 0 Å². The largest absolute Gasteiger partial charge is 0.472 e. The second-order valence-corrected chi connectivity index (χ2v) is 32.2. The highest BCUT2D eigenvalue weighted by molar-refractivity contribution is 7.47. The molecule has 0 aliphatic rings. The first-order valence-electron chi connectivity index (χ1n) is 41.6. The summed E-state index contributed by atoms with van der Waals surface area (Å²) in [4.78, 5) is 72.8. The van der Waals surface area contributed by atoms with E-state index in [1.807, 2.05) is 0 Å². The van der Waals surface area contributed by atoms with E-state index < -0.39 is 97.5 Å². The fraction of sp³-hybridized carbons (Fsp3) is 0.950. The Hall–Kier alpha value is -1.94. The topological polar surface area (TPSA) is 237 Å². The molecule has 3 N–H and O–H groups in total. The van der Waals surface area contributed by atoms with Gasteiger partial charge in [-0.3, -0.25) is 37.3 Å². The van der Waals surface area contributed by atoms with Crippen LogP contribution in [0.1, 0.15) is 420 Å². The average Bonchev–Trinajstić information content (AvgIpc) is 2.11. The second-order valence-electron chi connectivity index (χ2n) is 29.3. The van der Waals surface area contributed by atoms with Crippen molar-refractivity contribution in [2.24, 2.45) is 11.8 Å². The summed E-state index contributed by atoms with van der Waals surface area (Å²) in [5.41, 5.74) is 0. The zero-order valence-electron chi connectivity index (χ0n) is 64.8. The molecule has 0 aromatic carbocycles. The maximum absolute atomic E-state index is 13.1. The first-order valence-corrected chi connectivity index (χ1v) is 44.6. The van der Waals surface area contributed by atoms with Crippen LogP contribution in [0.25, 0.3) is 0 Å². The minimum absolute atomic E-state index is 0.106. The minimum Gasteiger partial charge on any atom is -0.462 e. The molecule has 0 saturated carbocycles. The van der Waals surface area contributed by atoms with Crippen LogP contribution < -0.4 is 0 Å². The van der Waals surface area contributed by atoms with Gasteiger partial charge in [0, 0.05) is 25.7 Å². The zero-order chi connectivity index (χ0) is 72.8. The molecule has 0 saturated heterocycles. The molecule has 0 aromatic rings. The minimum atomic E-state index is -4.96. The normalized spacial score (nSPS) is 14.5. The molecule has 4 unspecified atom stereocenters. The summed E-state index contributed by atoms with van der Waals surface area (Å²) in [6, 6.07) is 0. The fourth-order valence-corrected chi connectivity index (χ4v) is 13.9. The Balaban J connectivity index is 5.17. The number of ether oxygens (including phenoxy) is 4. The van der Waals surface area contributed by atoms with Crippen LogP contribution >= 0.6 is 15.6 Å². The van der Waals surface area contributed by atoms with E-state index in [4.69, 9.17) is 37.0 Å². The predicted octanol–water partition coefficient (Wildman–Crippen LogP) is 23.9. The lowest BCUT2D eigenvalue weighted by atomic mass is 9.99. The Labute approximate surface area is 607 Å². The van der Waals surface area contributed by atoms with E-state index >= 15 is 0 Å². The van der Waals surface area contributed by atoms with Crippen molar-refractivity contribution in [3.63, 3.8) is 0 Å². The first kappa shape index (κ1) is 97.1. The van der Waals surface area contributed by atoms with Gasteiger partial charge in [-0.15, -0.1) is 0 Å². The number of phosphoric acid groups is 2. The van der Waals surface area contributed by atoms with Gasteiger partial charge in [-0.2, -0.15) is 0 Å². The number of hydrogen-bond donors (Lipinski definition) is 3. The van der Waals surface area contributed by atoms with Crippen molar-refractivity contribution in [3.05, 3.63) is 0 Å². The number of hydrogen-bond acceptors (Lipinski definition) is 15. The zero-order valence-corrected chi connectivity index (χ0v) is 66.6. The van der Waals surface area contributed by atoms with Crippen LogP contribution in [0.4, 0.5) is 0 Å². The summed E-state index contributed by atoms with van der Waals surface area (Å²) in [5, 5.41) is 10.6. The lowest BCUT2D eigenvalue weighted by molar-refractivity contribution is -0.161. The van der Waals surface area contributed by atoms with Crippen molar-refractivity contribution < 1.29 is 80.2 Å². The Morgan fingerprint density at radius 1 is 0.283 bits per heavy atom. The predicted molar refractivity (Wildman–Crippen MR) is 405 cm³/mol. The molecule has 0 fully saturated rings. The Kier molecular flexibility index (Phi) is 70.3.